The van der Waals surface area contributed by atoms with Gasteiger partial charge in [0.2, 0.25) is 6.10 Å². The van der Waals surface area contributed by atoms with E-state index in [0.29, 0.717) is 17.1 Å². The van der Waals surface area contributed by atoms with Gasteiger partial charge >= 0.3 is 5.97 Å². The van der Waals surface area contributed by atoms with Gasteiger partial charge in [0.15, 0.2) is 12.4 Å². The van der Waals surface area contributed by atoms with Crippen molar-refractivity contribution in [2.75, 3.05) is 11.9 Å². The monoisotopic (exact) mass is 394 g/mol. The minimum atomic E-state index is -1.15. The summed E-state index contributed by atoms with van der Waals surface area (Å²) in [7, 11) is 0. The van der Waals surface area contributed by atoms with Crippen molar-refractivity contribution in [1.29, 1.82) is 0 Å². The minimum absolute atomic E-state index is 0.247. The zero-order valence-electron chi connectivity index (χ0n) is 16.3. The molecule has 3 rings (SSSR count). The Morgan fingerprint density at radius 1 is 1.10 bits per heavy atom. The number of aryl methyl sites for hydroxylation is 2. The van der Waals surface area contributed by atoms with E-state index in [0.717, 1.165) is 6.42 Å². The first-order valence-corrected chi connectivity index (χ1v) is 9.25. The number of rotatable bonds is 8. The lowest BCUT2D eigenvalue weighted by Gasteiger charge is -2.17. The van der Waals surface area contributed by atoms with Gasteiger partial charge in [-0.1, -0.05) is 54.5 Å². The Morgan fingerprint density at radius 3 is 2.45 bits per heavy atom. The number of hydrogen-bond donors (Lipinski definition) is 1. The molecule has 0 aliphatic heterocycles. The lowest BCUT2D eigenvalue weighted by Crippen LogP contribution is -2.28. The summed E-state index contributed by atoms with van der Waals surface area (Å²) in [6.45, 7) is 3.45. The van der Waals surface area contributed by atoms with Gasteiger partial charge in [-0.05, 0) is 31.0 Å². The van der Waals surface area contributed by atoms with Gasteiger partial charge in [0.25, 0.3) is 5.91 Å². The summed E-state index contributed by atoms with van der Waals surface area (Å²) < 4.78 is 15.8. The summed E-state index contributed by atoms with van der Waals surface area (Å²) in [6.07, 6.45) is -0.229. The van der Waals surface area contributed by atoms with E-state index in [-0.39, 0.29) is 12.4 Å². The SMILES string of the molecule is CCc1ccc(OCC(=O)OC(C(=O)Nc2cc(C)on2)c2ccccc2)cc1. The van der Waals surface area contributed by atoms with E-state index in [9.17, 15) is 9.59 Å². The number of anilines is 1. The van der Waals surface area contributed by atoms with Crippen LogP contribution in [-0.2, 0) is 20.7 Å². The van der Waals surface area contributed by atoms with E-state index in [1.165, 1.54) is 5.56 Å². The molecule has 1 unspecified atom stereocenters. The van der Waals surface area contributed by atoms with Crippen LogP contribution in [0.4, 0.5) is 5.82 Å². The number of nitrogens with zero attached hydrogens (tertiary/aromatic N) is 1. The smallest absolute Gasteiger partial charge is 0.345 e. The summed E-state index contributed by atoms with van der Waals surface area (Å²) in [6, 6.07) is 17.8. The summed E-state index contributed by atoms with van der Waals surface area (Å²) >= 11 is 0. The van der Waals surface area contributed by atoms with E-state index in [2.05, 4.69) is 17.4 Å². The predicted molar refractivity (Wildman–Crippen MR) is 106 cm³/mol. The predicted octanol–water partition coefficient (Wildman–Crippen LogP) is 3.85. The molecule has 3 aromatic rings. The quantitative estimate of drug-likeness (QED) is 0.584. The van der Waals surface area contributed by atoms with Crippen LogP contribution in [0.15, 0.2) is 65.2 Å². The molecule has 1 heterocycles. The first-order valence-electron chi connectivity index (χ1n) is 9.25. The molecule has 150 valence electrons. The summed E-state index contributed by atoms with van der Waals surface area (Å²) in [5, 5.41) is 6.32. The van der Waals surface area contributed by atoms with Gasteiger partial charge in [0.1, 0.15) is 11.5 Å². The van der Waals surface area contributed by atoms with Crippen molar-refractivity contribution in [2.24, 2.45) is 0 Å². The van der Waals surface area contributed by atoms with Crippen molar-refractivity contribution >= 4 is 17.7 Å². The van der Waals surface area contributed by atoms with Gasteiger partial charge in [-0.15, -0.1) is 0 Å². The molecule has 0 radical (unpaired) electrons. The van der Waals surface area contributed by atoms with Gasteiger partial charge in [-0.25, -0.2) is 4.79 Å². The number of esters is 1. The summed E-state index contributed by atoms with van der Waals surface area (Å²) in [4.78, 5) is 25.0. The molecule has 0 saturated heterocycles. The van der Waals surface area contributed by atoms with Crippen LogP contribution < -0.4 is 10.1 Å². The first-order chi connectivity index (χ1) is 14.0. The van der Waals surface area contributed by atoms with Crippen molar-refractivity contribution in [3.8, 4) is 5.75 Å². The molecule has 0 spiro atoms. The van der Waals surface area contributed by atoms with Crippen LogP contribution in [0.25, 0.3) is 0 Å². The molecule has 0 fully saturated rings. The number of carbonyl (C=O) groups excluding carboxylic acids is 2. The Balaban J connectivity index is 1.65. The number of benzene rings is 2. The maximum absolute atomic E-state index is 12.7. The average Bonchev–Trinajstić information content (AvgIpc) is 3.15. The molecule has 29 heavy (non-hydrogen) atoms. The van der Waals surface area contributed by atoms with Crippen LogP contribution in [0.3, 0.4) is 0 Å². The largest absolute Gasteiger partial charge is 0.482 e. The van der Waals surface area contributed by atoms with E-state index in [4.69, 9.17) is 14.0 Å². The zero-order chi connectivity index (χ0) is 20.6. The van der Waals surface area contributed by atoms with E-state index in [1.54, 1.807) is 49.4 Å². The molecule has 1 N–H and O–H groups in total. The van der Waals surface area contributed by atoms with Crippen molar-refractivity contribution < 1.29 is 23.6 Å². The molecule has 0 saturated carbocycles. The Bertz CT molecular complexity index is 951. The van der Waals surface area contributed by atoms with Gasteiger partial charge in [-0.2, -0.15) is 0 Å². The van der Waals surface area contributed by atoms with Crippen LogP contribution in [-0.4, -0.2) is 23.6 Å². The fraction of sp³-hybridized carbons (Fsp3) is 0.227. The third-order valence-electron chi connectivity index (χ3n) is 4.16. The van der Waals surface area contributed by atoms with E-state index in [1.807, 2.05) is 18.2 Å². The molecular formula is C22H22N2O5. The zero-order valence-corrected chi connectivity index (χ0v) is 16.3. The Labute approximate surface area is 168 Å². The third-order valence-corrected chi connectivity index (χ3v) is 4.16. The van der Waals surface area contributed by atoms with Crippen LogP contribution >= 0.6 is 0 Å². The maximum Gasteiger partial charge on any atom is 0.345 e. The molecule has 1 aromatic heterocycles. The number of nitrogens with one attached hydrogen (secondary N) is 1. The third kappa shape index (κ3) is 5.68. The molecule has 7 heteroatoms. The van der Waals surface area contributed by atoms with Crippen LogP contribution in [0, 0.1) is 6.92 Å². The Hall–Kier alpha value is -3.61. The molecule has 0 aliphatic carbocycles. The second-order valence-corrected chi connectivity index (χ2v) is 6.38. The summed E-state index contributed by atoms with van der Waals surface area (Å²) in [5.74, 6) is 0.153. The van der Waals surface area contributed by atoms with Crippen molar-refractivity contribution in [2.45, 2.75) is 26.4 Å². The highest BCUT2D eigenvalue weighted by atomic mass is 16.6. The van der Waals surface area contributed by atoms with Crippen molar-refractivity contribution in [3.63, 3.8) is 0 Å². The van der Waals surface area contributed by atoms with Crippen LogP contribution in [0.2, 0.25) is 0 Å². The highest BCUT2D eigenvalue weighted by Crippen LogP contribution is 2.21. The van der Waals surface area contributed by atoms with Crippen molar-refractivity contribution in [3.05, 3.63) is 77.6 Å². The fourth-order valence-corrected chi connectivity index (χ4v) is 2.65. The molecule has 0 aliphatic rings. The number of carbonyl (C=O) groups is 2. The highest BCUT2D eigenvalue weighted by molar-refractivity contribution is 5.95. The van der Waals surface area contributed by atoms with E-state index < -0.39 is 18.0 Å². The lowest BCUT2D eigenvalue weighted by molar-refractivity contribution is -0.156. The number of hydrogen-bond acceptors (Lipinski definition) is 6. The molecular weight excluding hydrogens is 372 g/mol. The van der Waals surface area contributed by atoms with Crippen molar-refractivity contribution in [1.82, 2.24) is 5.16 Å². The van der Waals surface area contributed by atoms with Crippen LogP contribution in [0.1, 0.15) is 29.9 Å². The molecule has 1 amide bonds. The summed E-state index contributed by atoms with van der Waals surface area (Å²) in [5.41, 5.74) is 1.70. The normalized spacial score (nSPS) is 11.5. The topological polar surface area (TPSA) is 90.7 Å². The van der Waals surface area contributed by atoms with E-state index >= 15 is 0 Å². The van der Waals surface area contributed by atoms with Crippen LogP contribution in [0.5, 0.6) is 5.75 Å². The van der Waals surface area contributed by atoms with Gasteiger partial charge in [-0.3, -0.25) is 4.79 Å². The maximum atomic E-state index is 12.7. The molecule has 7 nitrogen and oxygen atoms in total. The second-order valence-electron chi connectivity index (χ2n) is 6.38. The van der Waals surface area contributed by atoms with Gasteiger partial charge in [0, 0.05) is 11.6 Å². The molecule has 2 aromatic carbocycles. The number of amides is 1. The Kier molecular flexibility index (Phi) is 6.63. The lowest BCUT2D eigenvalue weighted by atomic mass is 10.1. The number of ether oxygens (including phenoxy) is 2. The highest BCUT2D eigenvalue weighted by Gasteiger charge is 2.26. The fourth-order valence-electron chi connectivity index (χ4n) is 2.65. The Morgan fingerprint density at radius 2 is 1.83 bits per heavy atom. The minimum Gasteiger partial charge on any atom is -0.482 e. The first kappa shape index (κ1) is 20.1. The molecule has 1 atom stereocenters. The molecule has 0 bridgehead atoms. The standard InChI is InChI=1S/C22H22N2O5/c1-3-16-9-11-18(12-10-16)27-14-20(25)28-21(17-7-5-4-6-8-17)22(26)23-19-13-15(2)29-24-19/h4-13,21H,3,14H2,1-2H3,(H,23,24,26). The van der Waals surface area contributed by atoms with Gasteiger partial charge in [0.05, 0.1) is 0 Å². The van der Waals surface area contributed by atoms with Gasteiger partial charge < -0.3 is 19.3 Å². The second kappa shape index (κ2) is 9.54. The average molecular weight is 394 g/mol. The number of aromatic nitrogens is 1.